The molecule has 2 saturated heterocycles. The van der Waals surface area contributed by atoms with E-state index in [-0.39, 0.29) is 55.6 Å². The van der Waals surface area contributed by atoms with Crippen LogP contribution in [0.4, 0.5) is 14.4 Å². The minimum Gasteiger partial charge on any atom is -0.481 e. The highest BCUT2D eigenvalue weighted by Crippen LogP contribution is 2.46. The number of carboxylic acid groups (broad SMARTS) is 1. The van der Waals surface area contributed by atoms with E-state index in [4.69, 9.17) is 117 Å². The van der Waals surface area contributed by atoms with Crippen molar-refractivity contribution in [2.75, 3.05) is 32.7 Å². The van der Waals surface area contributed by atoms with Crippen molar-refractivity contribution in [2.24, 2.45) is 17.0 Å². The number of aliphatic carboxylic acids is 1. The molecule has 1 aromatic heterocycles. The molecule has 115 heavy (non-hydrogen) atoms. The lowest BCUT2D eigenvalue weighted by molar-refractivity contribution is -0.146. The van der Waals surface area contributed by atoms with Gasteiger partial charge in [-0.1, -0.05) is 68.3 Å². The van der Waals surface area contributed by atoms with E-state index < -0.39 is 76.5 Å². The molecule has 6 aromatic rings. The summed E-state index contributed by atoms with van der Waals surface area (Å²) in [6, 6.07) is 17.9. The number of halogens is 11. The zero-order chi connectivity index (χ0) is 84.0. The van der Waals surface area contributed by atoms with E-state index >= 15 is 0 Å². The molecule has 24 nitrogen and oxygen atoms in total. The number of aryl methyl sites for hydroxylation is 5. The summed E-state index contributed by atoms with van der Waals surface area (Å²) in [6.07, 6.45) is 3.09. The number of rotatable bonds is 7. The number of hydrogen-bond acceptors (Lipinski definition) is 20. The summed E-state index contributed by atoms with van der Waals surface area (Å²) >= 11 is 52.5. The minimum atomic E-state index is -0.928. The van der Waals surface area contributed by atoms with E-state index in [9.17, 15) is 43.6 Å². The van der Waals surface area contributed by atoms with Crippen molar-refractivity contribution in [2.45, 2.75) is 200 Å². The standard InChI is InChI=1S/C20H24BrClN2O5.C20H22BrClN2O4.C20H23BrClNO5.C10H7BrCl2O2.C10H8BrClO3/c1-20(2,3)29-19(26)24-7-6-15(23-27)13(10-24)17(25)16-5-4-11-8-12(22)9-14(21)18(11)28-16;1-20(2,3)27-19(25)24-7-6-15-13(10-24)18(28-23-15)16-5-4-11-8-12(22)9-14(21)17(11)26-16;1-20(2,3)28-19(26)23-7-6-15(24)13(10-23)17(25)16-5-4-11-8-12(22)9-14(21)18(11)27-16;2*11-7-4-6(12)3-5-1-2-8(10(13)14)15-9(5)7/h8-9,13,16,27H,4-7,10H2,1-3H3;8-9,16H,4-7,10H2,1-3H3;8-9,13,16H,4-7,10H2,1-3H3;3-4,8H,1-2H2;3-4,8H,1-2H2,(H,13,14)/b23-15+;;;;/t13?,16-;16-;13?,16-;2*8-/m11111/s1. The molecule has 0 saturated carbocycles. The number of carboxylic acids is 1. The molecule has 0 aliphatic carbocycles. The first kappa shape index (κ1) is 91.2. The van der Waals surface area contributed by atoms with Gasteiger partial charge in [0.1, 0.15) is 51.3 Å². The van der Waals surface area contributed by atoms with Gasteiger partial charge in [0.2, 0.25) is 0 Å². The van der Waals surface area contributed by atoms with E-state index in [1.54, 1.807) is 76.8 Å². The second kappa shape index (κ2) is 38.9. The lowest BCUT2D eigenvalue weighted by Crippen LogP contribution is -2.51. The molecule has 0 bridgehead atoms. The first-order valence-corrected chi connectivity index (χ1v) is 43.1. The van der Waals surface area contributed by atoms with E-state index in [0.717, 1.165) is 73.0 Å². The van der Waals surface area contributed by atoms with Gasteiger partial charge in [0.25, 0.3) is 5.24 Å². The first-order valence-electron chi connectivity index (χ1n) is 36.9. The van der Waals surface area contributed by atoms with Crippen LogP contribution in [0.3, 0.4) is 0 Å². The van der Waals surface area contributed by atoms with Crippen LogP contribution < -0.4 is 23.7 Å². The average Bonchev–Trinajstić information content (AvgIpc) is 1.47. The summed E-state index contributed by atoms with van der Waals surface area (Å²) in [5.41, 5.74) is 5.26. The Balaban J connectivity index is 0.000000156. The topological polar surface area (TPSA) is 299 Å². The number of likely N-dealkylation sites (tertiary alicyclic amines) is 2. The molecule has 0 radical (unpaired) electrons. The maximum absolute atomic E-state index is 13.2. The van der Waals surface area contributed by atoms with Gasteiger partial charge in [0.15, 0.2) is 47.8 Å². The van der Waals surface area contributed by atoms with Crippen molar-refractivity contribution in [3.05, 3.63) is 153 Å². The number of nitrogens with zero attached hydrogens (tertiary/aromatic N) is 5. The predicted molar refractivity (Wildman–Crippen MR) is 450 cm³/mol. The van der Waals surface area contributed by atoms with Crippen LogP contribution in [0.2, 0.25) is 25.1 Å². The minimum absolute atomic E-state index is 0.0289. The maximum atomic E-state index is 13.2. The number of hydrogen-bond donors (Lipinski definition) is 2. The summed E-state index contributed by atoms with van der Waals surface area (Å²) in [6.45, 7) is 18.0. The second-order valence-corrected chi connectivity index (χ2v) is 38.0. The van der Waals surface area contributed by atoms with E-state index in [1.807, 2.05) is 51.1 Å². The summed E-state index contributed by atoms with van der Waals surface area (Å²) in [5, 5.41) is 28.5. The second-order valence-electron chi connectivity index (χ2n) is 31.2. The number of piperidine rings is 2. The van der Waals surface area contributed by atoms with Crippen molar-refractivity contribution in [3.8, 4) is 28.7 Å². The van der Waals surface area contributed by atoms with Crippen molar-refractivity contribution >= 4 is 202 Å². The van der Waals surface area contributed by atoms with Gasteiger partial charge in [0.05, 0.1) is 52.1 Å². The number of fused-ring (bicyclic) bond motifs is 6. The van der Waals surface area contributed by atoms with Gasteiger partial charge in [-0.15, -0.1) is 0 Å². The molecule has 2 fully saturated rings. The largest absolute Gasteiger partial charge is 0.481 e. The summed E-state index contributed by atoms with van der Waals surface area (Å²) in [7, 11) is 0. The van der Waals surface area contributed by atoms with E-state index in [2.05, 4.69) is 90.0 Å². The van der Waals surface area contributed by atoms with Crippen LogP contribution >= 0.6 is 149 Å². The monoisotopic (exact) mass is 2020 g/mol. The molecule has 620 valence electrons. The lowest BCUT2D eigenvalue weighted by Gasteiger charge is -2.36. The third-order valence-corrected chi connectivity index (χ3v) is 23.3. The van der Waals surface area contributed by atoms with Crippen molar-refractivity contribution in [1.29, 1.82) is 0 Å². The maximum Gasteiger partial charge on any atom is 0.410 e. The first-order chi connectivity index (χ1) is 54.0. The van der Waals surface area contributed by atoms with Gasteiger partial charge in [-0.05, 0) is 306 Å². The molecular formula is C80H84Br5Cl6N5O19. The molecule has 3 amide bonds. The van der Waals surface area contributed by atoms with Crippen LogP contribution in [0.5, 0.6) is 28.7 Å². The Morgan fingerprint density at radius 2 is 0.800 bits per heavy atom. The molecule has 35 heteroatoms. The van der Waals surface area contributed by atoms with Crippen LogP contribution in [-0.2, 0) is 83.3 Å². The van der Waals surface area contributed by atoms with Crippen molar-refractivity contribution in [1.82, 2.24) is 19.9 Å². The van der Waals surface area contributed by atoms with Gasteiger partial charge >= 0.3 is 24.2 Å². The summed E-state index contributed by atoms with van der Waals surface area (Å²) < 4.78 is 54.6. The highest BCUT2D eigenvalue weighted by atomic mass is 79.9. The molecule has 2 unspecified atom stereocenters. The number of carbonyl (C=O) groups is 8. The Labute approximate surface area is 737 Å². The van der Waals surface area contributed by atoms with Crippen molar-refractivity contribution < 1.29 is 91.1 Å². The molecule has 2 N–H and O–H groups in total. The number of Topliss-reactive ketones (excluding diaryl/α,β-unsaturated/α-hetero) is 3. The molecule has 14 rings (SSSR count). The van der Waals surface area contributed by atoms with E-state index in [0.29, 0.717) is 150 Å². The molecule has 8 aliphatic heterocycles. The highest BCUT2D eigenvalue weighted by molar-refractivity contribution is 9.11. The number of ketones is 3. The van der Waals surface area contributed by atoms with Crippen LogP contribution in [0.25, 0.3) is 0 Å². The molecule has 7 atom stereocenters. The number of benzene rings is 5. The van der Waals surface area contributed by atoms with Gasteiger partial charge in [-0.3, -0.25) is 19.2 Å². The Kier molecular flexibility index (Phi) is 30.9. The SMILES string of the molecule is CC(C)(C)OC(=O)N1CC/C(=N\O)C(C(=O)[C@H]2CCc3cc(Cl)cc(Br)c3O2)C1.CC(C)(C)OC(=O)N1CCC(=O)C(C(=O)[C@H]2CCc3cc(Cl)cc(Br)c3O2)C1.CC(C)(C)OC(=O)N1CCc2noc([C@H]3CCc4cc(Cl)cc(Br)c4O3)c2C1.O=C(Cl)[C@H]1CCc2cc(Cl)cc(Br)c2O1.O=C(O)[C@H]1CCc2cc(Cl)cc(Br)c2O1. The Morgan fingerprint density at radius 1 is 0.461 bits per heavy atom. The quantitative estimate of drug-likeness (QED) is 0.0493. The fraction of sp³-hybridized carbons (Fsp3) is 0.475. The predicted octanol–water partition coefficient (Wildman–Crippen LogP) is 20.5. The summed E-state index contributed by atoms with van der Waals surface area (Å²) in [4.78, 5) is 102. The van der Waals surface area contributed by atoms with E-state index in [1.165, 1.54) is 9.80 Å². The molecule has 5 aromatic carbocycles. The van der Waals surface area contributed by atoms with Gasteiger partial charge in [0, 0.05) is 82.7 Å². The fourth-order valence-corrected chi connectivity index (χ4v) is 18.7. The average molecular weight is 2030 g/mol. The van der Waals surface area contributed by atoms with Gasteiger partial charge < -0.3 is 67.4 Å². The Morgan fingerprint density at radius 3 is 1.20 bits per heavy atom. The number of aromatic nitrogens is 1. The highest BCUT2D eigenvalue weighted by Gasteiger charge is 2.44. The molecule has 8 aliphatic rings. The third-order valence-electron chi connectivity index (χ3n) is 19.1. The number of amides is 3. The lowest BCUT2D eigenvalue weighted by atomic mass is 9.86. The third kappa shape index (κ3) is 24.1. The Bertz CT molecular complexity index is 4680. The number of ether oxygens (including phenoxy) is 8. The molecule has 9 heterocycles. The number of carbonyl (C=O) groups excluding carboxylic acids is 7. The van der Waals surface area contributed by atoms with Gasteiger partial charge in [-0.2, -0.15) is 0 Å². The molecule has 0 spiro atoms. The Hall–Kier alpha value is -6.12. The van der Waals surface area contributed by atoms with Gasteiger partial charge in [-0.25, -0.2) is 19.2 Å². The van der Waals surface area contributed by atoms with Crippen molar-refractivity contribution in [3.63, 3.8) is 0 Å². The van der Waals surface area contributed by atoms with Crippen LogP contribution in [0.15, 0.2) is 92.7 Å². The zero-order valence-corrected chi connectivity index (χ0v) is 76.4. The number of oxime groups is 1. The smallest absolute Gasteiger partial charge is 0.410 e. The van der Waals surface area contributed by atoms with Crippen LogP contribution in [0.1, 0.15) is 158 Å². The van der Waals surface area contributed by atoms with Crippen LogP contribution in [0, 0.1) is 11.8 Å². The van der Waals surface area contributed by atoms with Crippen LogP contribution in [-0.4, -0.2) is 157 Å². The zero-order valence-electron chi connectivity index (χ0n) is 64.0. The summed E-state index contributed by atoms with van der Waals surface area (Å²) in [5.74, 6) is 0.714. The fourth-order valence-electron chi connectivity index (χ4n) is 13.7. The molecular weight excluding hydrogens is 1950 g/mol. The normalized spacial score (nSPS) is 20.9.